The maximum Gasteiger partial charge on any atom is 0.262 e. The fourth-order valence-electron chi connectivity index (χ4n) is 2.40. The second-order valence-corrected chi connectivity index (χ2v) is 6.36. The van der Waals surface area contributed by atoms with Gasteiger partial charge in [-0.15, -0.1) is 0 Å². The zero-order valence-corrected chi connectivity index (χ0v) is 16.3. The molecule has 0 fully saturated rings. The van der Waals surface area contributed by atoms with E-state index in [0.29, 0.717) is 21.5 Å². The number of nitriles is 1. The number of carbonyl (C=O) groups excluding carboxylic acids is 1. The second-order valence-electron chi connectivity index (χ2n) is 5.50. The summed E-state index contributed by atoms with van der Waals surface area (Å²) in [6, 6.07) is 14.7. The Labute approximate surface area is 161 Å². The molecule has 1 atom stereocenters. The first-order valence-corrected chi connectivity index (χ1v) is 8.68. The highest BCUT2D eigenvalue weighted by Gasteiger charge is 2.16. The molecule has 2 aromatic rings. The summed E-state index contributed by atoms with van der Waals surface area (Å²) >= 11 is 3.40. The first-order valence-electron chi connectivity index (χ1n) is 7.89. The molecule has 6 heteroatoms. The Kier molecular flexibility index (Phi) is 6.81. The summed E-state index contributed by atoms with van der Waals surface area (Å²) in [5.41, 5.74) is 1.55. The quantitative estimate of drug-likeness (QED) is 0.566. The van der Waals surface area contributed by atoms with Crippen LogP contribution in [0.3, 0.4) is 0 Å². The van der Waals surface area contributed by atoms with Crippen molar-refractivity contribution in [2.75, 3.05) is 14.2 Å². The molecule has 0 aliphatic heterocycles. The summed E-state index contributed by atoms with van der Waals surface area (Å²) in [5.74, 6) is 0.652. The van der Waals surface area contributed by atoms with Crippen molar-refractivity contribution in [3.8, 4) is 17.6 Å². The third-order valence-corrected chi connectivity index (χ3v) is 4.44. The van der Waals surface area contributed by atoms with Crippen molar-refractivity contribution >= 4 is 27.9 Å². The molecule has 0 saturated carbocycles. The monoisotopic (exact) mass is 414 g/mol. The van der Waals surface area contributed by atoms with Gasteiger partial charge in [0, 0.05) is 11.6 Å². The number of rotatable bonds is 6. The van der Waals surface area contributed by atoms with Gasteiger partial charge in [-0.3, -0.25) is 4.79 Å². The van der Waals surface area contributed by atoms with Gasteiger partial charge in [-0.1, -0.05) is 30.3 Å². The molecule has 0 bridgehead atoms. The summed E-state index contributed by atoms with van der Waals surface area (Å²) in [4.78, 5) is 12.5. The second kappa shape index (κ2) is 9.07. The molecule has 0 aromatic heterocycles. The number of nitrogens with zero attached hydrogens (tertiary/aromatic N) is 1. The number of halogens is 1. The van der Waals surface area contributed by atoms with Gasteiger partial charge < -0.3 is 14.8 Å². The number of ether oxygens (including phenoxy) is 2. The number of nitrogens with one attached hydrogen (secondary N) is 1. The van der Waals surface area contributed by atoms with E-state index in [9.17, 15) is 10.1 Å². The topological polar surface area (TPSA) is 71.3 Å². The molecule has 0 heterocycles. The normalized spacial score (nSPS) is 12.0. The van der Waals surface area contributed by atoms with Gasteiger partial charge in [-0.2, -0.15) is 5.26 Å². The van der Waals surface area contributed by atoms with Crippen LogP contribution in [0.2, 0.25) is 0 Å². The number of carbonyl (C=O) groups is 1. The Morgan fingerprint density at radius 1 is 1.19 bits per heavy atom. The van der Waals surface area contributed by atoms with Crippen LogP contribution in [0.1, 0.15) is 24.1 Å². The van der Waals surface area contributed by atoms with Crippen molar-refractivity contribution in [2.45, 2.75) is 13.0 Å². The highest BCUT2D eigenvalue weighted by Crippen LogP contribution is 2.34. The highest BCUT2D eigenvalue weighted by molar-refractivity contribution is 9.10. The maximum absolute atomic E-state index is 12.5. The predicted octanol–water partition coefficient (Wildman–Crippen LogP) is 4.25. The number of methoxy groups -OCH3 is 2. The average Bonchev–Trinajstić information content (AvgIpc) is 2.66. The van der Waals surface area contributed by atoms with Gasteiger partial charge in [0.1, 0.15) is 23.1 Å². The Morgan fingerprint density at radius 2 is 1.85 bits per heavy atom. The zero-order chi connectivity index (χ0) is 19.1. The van der Waals surface area contributed by atoms with Gasteiger partial charge in [0.25, 0.3) is 5.91 Å². The number of hydrogen-bond acceptors (Lipinski definition) is 4. The first-order chi connectivity index (χ1) is 12.5. The molecule has 0 aliphatic carbocycles. The van der Waals surface area contributed by atoms with Crippen molar-refractivity contribution in [1.82, 2.24) is 5.32 Å². The van der Waals surface area contributed by atoms with E-state index in [1.165, 1.54) is 13.2 Å². The van der Waals surface area contributed by atoms with E-state index in [2.05, 4.69) is 21.2 Å². The van der Waals surface area contributed by atoms with Gasteiger partial charge in [0.15, 0.2) is 0 Å². The molecule has 1 amide bonds. The molecule has 26 heavy (non-hydrogen) atoms. The van der Waals surface area contributed by atoms with Gasteiger partial charge in [-0.05, 0) is 40.6 Å². The SMILES string of the molecule is COc1cc(OC)c(/C=C(\C#N)C(=O)N[C@@H](C)c2ccccc2)cc1Br. The van der Waals surface area contributed by atoms with E-state index in [1.54, 1.807) is 19.2 Å². The van der Waals surface area contributed by atoms with Crippen LogP contribution in [-0.4, -0.2) is 20.1 Å². The summed E-state index contributed by atoms with van der Waals surface area (Å²) in [7, 11) is 3.07. The van der Waals surface area contributed by atoms with Crippen LogP contribution in [-0.2, 0) is 4.79 Å². The van der Waals surface area contributed by atoms with E-state index in [4.69, 9.17) is 9.47 Å². The van der Waals surface area contributed by atoms with E-state index in [-0.39, 0.29) is 11.6 Å². The van der Waals surface area contributed by atoms with E-state index < -0.39 is 5.91 Å². The number of amides is 1. The van der Waals surface area contributed by atoms with Crippen LogP contribution >= 0.6 is 15.9 Å². The molecule has 0 saturated heterocycles. The average molecular weight is 415 g/mol. The Bertz CT molecular complexity index is 857. The summed E-state index contributed by atoms with van der Waals surface area (Å²) in [6.45, 7) is 1.87. The molecule has 1 N–H and O–H groups in total. The van der Waals surface area contributed by atoms with Crippen LogP contribution in [0, 0.1) is 11.3 Å². The lowest BCUT2D eigenvalue weighted by atomic mass is 10.1. The fraction of sp³-hybridized carbons (Fsp3) is 0.200. The van der Waals surface area contributed by atoms with Crippen molar-refractivity contribution < 1.29 is 14.3 Å². The number of benzene rings is 2. The molecular weight excluding hydrogens is 396 g/mol. The summed E-state index contributed by atoms with van der Waals surface area (Å²) in [6.07, 6.45) is 1.50. The lowest BCUT2D eigenvalue weighted by molar-refractivity contribution is -0.117. The largest absolute Gasteiger partial charge is 0.496 e. The molecule has 0 aliphatic rings. The molecule has 0 radical (unpaired) electrons. The van der Waals surface area contributed by atoms with Crippen LogP contribution in [0.4, 0.5) is 0 Å². The predicted molar refractivity (Wildman–Crippen MR) is 104 cm³/mol. The molecular formula is C20H19BrN2O3. The van der Waals surface area contributed by atoms with Gasteiger partial charge in [0.2, 0.25) is 0 Å². The van der Waals surface area contributed by atoms with Gasteiger partial charge in [-0.25, -0.2) is 0 Å². The molecule has 134 valence electrons. The zero-order valence-electron chi connectivity index (χ0n) is 14.7. The van der Waals surface area contributed by atoms with Gasteiger partial charge >= 0.3 is 0 Å². The van der Waals surface area contributed by atoms with Crippen molar-refractivity contribution in [2.24, 2.45) is 0 Å². The van der Waals surface area contributed by atoms with E-state index >= 15 is 0 Å². The first kappa shape index (κ1) is 19.5. The molecule has 2 rings (SSSR count). The van der Waals surface area contributed by atoms with Crippen molar-refractivity contribution in [3.63, 3.8) is 0 Å². The summed E-state index contributed by atoms with van der Waals surface area (Å²) in [5, 5.41) is 12.3. The molecule has 0 spiro atoms. The van der Waals surface area contributed by atoms with E-state index in [1.807, 2.05) is 43.3 Å². The van der Waals surface area contributed by atoms with Crippen LogP contribution in [0.5, 0.6) is 11.5 Å². The Balaban J connectivity index is 2.29. The van der Waals surface area contributed by atoms with Crippen molar-refractivity contribution in [1.29, 1.82) is 5.26 Å². The van der Waals surface area contributed by atoms with Crippen LogP contribution in [0.25, 0.3) is 6.08 Å². The smallest absolute Gasteiger partial charge is 0.262 e. The Morgan fingerprint density at radius 3 is 2.42 bits per heavy atom. The standard InChI is InChI=1S/C20H19BrN2O3/c1-13(14-7-5-4-6-8-14)23-20(24)16(12-22)9-15-10-17(21)19(26-3)11-18(15)25-2/h4-11,13H,1-3H3,(H,23,24)/b16-9+/t13-/m0/s1. The maximum atomic E-state index is 12.5. The van der Waals surface area contributed by atoms with Crippen LogP contribution in [0.15, 0.2) is 52.5 Å². The third-order valence-electron chi connectivity index (χ3n) is 3.82. The third kappa shape index (κ3) is 4.64. The number of hydrogen-bond donors (Lipinski definition) is 1. The Hall–Kier alpha value is -2.78. The molecule has 5 nitrogen and oxygen atoms in total. The van der Waals surface area contributed by atoms with Crippen molar-refractivity contribution in [3.05, 3.63) is 63.6 Å². The lowest BCUT2D eigenvalue weighted by Crippen LogP contribution is -2.27. The van der Waals surface area contributed by atoms with E-state index in [0.717, 1.165) is 5.56 Å². The minimum atomic E-state index is -0.446. The molecule has 0 unspecified atom stereocenters. The molecule has 2 aromatic carbocycles. The highest BCUT2D eigenvalue weighted by atomic mass is 79.9. The fourth-order valence-corrected chi connectivity index (χ4v) is 2.92. The summed E-state index contributed by atoms with van der Waals surface area (Å²) < 4.78 is 11.3. The minimum absolute atomic E-state index is 0.0110. The lowest BCUT2D eigenvalue weighted by Gasteiger charge is -2.14. The van der Waals surface area contributed by atoms with Gasteiger partial charge in [0.05, 0.1) is 24.7 Å². The van der Waals surface area contributed by atoms with Crippen LogP contribution < -0.4 is 14.8 Å². The minimum Gasteiger partial charge on any atom is -0.496 e.